The third kappa shape index (κ3) is 2.10. The largest absolute Gasteiger partial charge is 1.00 e. The van der Waals surface area contributed by atoms with Crippen LogP contribution in [0.3, 0.4) is 0 Å². The van der Waals surface area contributed by atoms with Gasteiger partial charge in [-0.15, -0.1) is 0 Å². The topological polar surface area (TPSA) is 0 Å². The third-order valence-electron chi connectivity index (χ3n) is 2.48. The van der Waals surface area contributed by atoms with Crippen molar-refractivity contribution in [1.82, 2.24) is 0 Å². The molecule has 0 aromatic heterocycles. The number of rotatable bonds is 1. The first kappa shape index (κ1) is 11.1. The van der Waals surface area contributed by atoms with Gasteiger partial charge < -0.3 is 2.85 Å². The second-order valence-corrected chi connectivity index (χ2v) is 4.98. The Labute approximate surface area is 104 Å². The van der Waals surface area contributed by atoms with E-state index >= 15 is 0 Å². The van der Waals surface area contributed by atoms with Crippen molar-refractivity contribution in [3.8, 4) is 0 Å². The van der Waals surface area contributed by atoms with Crippen LogP contribution in [-0.2, 0) is 24.7 Å². The van der Waals surface area contributed by atoms with E-state index < -0.39 is 11.7 Å². The van der Waals surface area contributed by atoms with Crippen LogP contribution in [0.1, 0.15) is 15.7 Å². The molecule has 0 heterocycles. The molecule has 79 valence electrons. The molecule has 15 heavy (non-hydrogen) atoms. The van der Waals surface area contributed by atoms with Crippen LogP contribution in [0.25, 0.3) is 0 Å². The number of hydrogen-bond acceptors (Lipinski definition) is 0. The van der Waals surface area contributed by atoms with Crippen molar-refractivity contribution in [1.29, 1.82) is 0 Å². The Bertz CT molecular complexity index is 417. The van der Waals surface area contributed by atoms with Crippen molar-refractivity contribution in [3.63, 3.8) is 0 Å². The fourth-order valence-electron chi connectivity index (χ4n) is 1.83. The van der Waals surface area contributed by atoms with Gasteiger partial charge in [0, 0.05) is 0 Å². The molecule has 0 radical (unpaired) electrons. The molecule has 0 aromatic rings. The quantitative estimate of drug-likeness (QED) is 0.689. The van der Waals surface area contributed by atoms with Gasteiger partial charge in [0.15, 0.2) is 0 Å². The van der Waals surface area contributed by atoms with Gasteiger partial charge >= 0.3 is 101 Å². The van der Waals surface area contributed by atoms with Crippen LogP contribution >= 0.6 is 0 Å². The van der Waals surface area contributed by atoms with Crippen molar-refractivity contribution in [2.75, 3.05) is 0 Å². The minimum absolute atomic E-state index is 0. The molecule has 0 nitrogen and oxygen atoms in total. The summed E-state index contributed by atoms with van der Waals surface area (Å²) in [6.07, 6.45) is 3.66. The molecule has 0 spiro atoms. The van der Waals surface area contributed by atoms with E-state index in [-0.39, 0.29) is 2.85 Å². The third-order valence-corrected chi connectivity index (χ3v) is 3.60. The van der Waals surface area contributed by atoms with Gasteiger partial charge in [-0.2, -0.15) is 0 Å². The van der Waals surface area contributed by atoms with Crippen molar-refractivity contribution < 1.29 is 40.7 Å². The molecular weight excluding hydrogens is 280 g/mol. The standard InChI is InChI=1S/C11H8F3.Zr.2H/c12-11(13,14)10-7-3-6-9(10)8-4-1-2-5-8;;;/h1-2,4,7H,3,5H2;;;/q;+2;2*-1. The van der Waals surface area contributed by atoms with Crippen LogP contribution in [0, 0.1) is 0 Å². The molecule has 0 aromatic carbocycles. The first-order chi connectivity index (χ1) is 7.00. The summed E-state index contributed by atoms with van der Waals surface area (Å²) >= 11 is 1.08. The molecule has 0 atom stereocenters. The Hall–Kier alpha value is -0.367. The van der Waals surface area contributed by atoms with Crippen LogP contribution in [0.15, 0.2) is 44.3 Å². The molecule has 0 aliphatic heterocycles. The van der Waals surface area contributed by atoms with E-state index in [0.717, 1.165) is 33.6 Å². The smallest absolute Gasteiger partial charge is 1.00 e. The van der Waals surface area contributed by atoms with Crippen LogP contribution in [-0.4, -0.2) is 6.18 Å². The molecule has 2 aliphatic carbocycles. The zero-order chi connectivity index (χ0) is 11.1. The van der Waals surface area contributed by atoms with Crippen molar-refractivity contribution in [3.05, 3.63) is 44.3 Å². The van der Waals surface area contributed by atoms with E-state index in [1.54, 1.807) is 6.08 Å². The molecule has 2 aliphatic rings. The number of halogens is 3. The Balaban J connectivity index is 0.00000128. The van der Waals surface area contributed by atoms with Crippen LogP contribution in [0.5, 0.6) is 0 Å². The van der Waals surface area contributed by atoms with E-state index in [2.05, 4.69) is 0 Å². The van der Waals surface area contributed by atoms with E-state index in [4.69, 9.17) is 0 Å². The molecule has 4 heteroatoms. The van der Waals surface area contributed by atoms with Gasteiger partial charge in [-0.1, -0.05) is 0 Å². The van der Waals surface area contributed by atoms with Gasteiger partial charge in [0.05, 0.1) is 0 Å². The SMILES string of the molecule is FC(F)(F)C1=CC[C]([Zr+2])=C1C1=CC=CC1.[H-].[H-]. The zero-order valence-corrected chi connectivity index (χ0v) is 10.3. The minimum atomic E-state index is -4.21. The summed E-state index contributed by atoms with van der Waals surface area (Å²) in [5.41, 5.74) is 0.817. The molecule has 0 fully saturated rings. The number of hydrogen-bond donors (Lipinski definition) is 0. The monoisotopic (exact) mass is 289 g/mol. The maximum absolute atomic E-state index is 12.7. The van der Waals surface area contributed by atoms with Crippen LogP contribution in [0.2, 0.25) is 0 Å². The Morgan fingerprint density at radius 2 is 2.00 bits per heavy atom. The molecule has 0 saturated carbocycles. The molecule has 0 bridgehead atoms. The molecule has 0 saturated heterocycles. The van der Waals surface area contributed by atoms with Crippen molar-refractivity contribution in [2.24, 2.45) is 0 Å². The van der Waals surface area contributed by atoms with E-state index in [1.165, 1.54) is 6.08 Å². The zero-order valence-electron chi connectivity index (χ0n) is 9.86. The average Bonchev–Trinajstić information content (AvgIpc) is 2.69. The van der Waals surface area contributed by atoms with Crippen molar-refractivity contribution >= 4 is 0 Å². The summed E-state index contributed by atoms with van der Waals surface area (Å²) in [6, 6.07) is 0. The Morgan fingerprint density at radius 3 is 2.53 bits per heavy atom. The number of allylic oxidation sites excluding steroid dienone is 8. The maximum atomic E-state index is 12.7. The molecule has 2 rings (SSSR count). The Kier molecular flexibility index (Phi) is 2.89. The normalized spacial score (nSPS) is 21.1. The van der Waals surface area contributed by atoms with Crippen LogP contribution < -0.4 is 0 Å². The van der Waals surface area contributed by atoms with Gasteiger partial charge in [-0.05, 0) is 0 Å². The van der Waals surface area contributed by atoms with Gasteiger partial charge in [0.1, 0.15) is 0 Å². The van der Waals surface area contributed by atoms with Gasteiger partial charge in [-0.3, -0.25) is 0 Å². The maximum Gasteiger partial charge on any atom is -1.00 e. The first-order valence-corrected chi connectivity index (χ1v) is 5.81. The molecule has 0 amide bonds. The fraction of sp³-hybridized carbons (Fsp3) is 0.273. The Morgan fingerprint density at radius 1 is 1.27 bits per heavy atom. The summed E-state index contributed by atoms with van der Waals surface area (Å²) in [7, 11) is 0. The molecular formula is C11H10F3Zr. The van der Waals surface area contributed by atoms with Gasteiger partial charge in [-0.25, -0.2) is 0 Å². The van der Waals surface area contributed by atoms with Gasteiger partial charge in [0.2, 0.25) is 0 Å². The molecule has 0 unspecified atom stereocenters. The van der Waals surface area contributed by atoms with Gasteiger partial charge in [0.25, 0.3) is 0 Å². The first-order valence-electron chi connectivity index (χ1n) is 4.58. The summed E-state index contributed by atoms with van der Waals surface area (Å²) < 4.78 is 39.0. The summed E-state index contributed by atoms with van der Waals surface area (Å²) in [5.74, 6) is 0. The minimum Gasteiger partial charge on any atom is -1.00 e. The predicted octanol–water partition coefficient (Wildman–Crippen LogP) is 3.79. The van der Waals surface area contributed by atoms with Crippen molar-refractivity contribution in [2.45, 2.75) is 19.0 Å². The van der Waals surface area contributed by atoms with E-state index in [9.17, 15) is 13.2 Å². The number of alkyl halides is 3. The van der Waals surface area contributed by atoms with E-state index in [1.807, 2.05) is 12.2 Å². The second-order valence-electron chi connectivity index (χ2n) is 3.50. The molecule has 0 N–H and O–H groups in total. The average molecular weight is 290 g/mol. The summed E-state index contributed by atoms with van der Waals surface area (Å²) in [4.78, 5) is 0. The van der Waals surface area contributed by atoms with Crippen LogP contribution in [0.4, 0.5) is 13.2 Å². The van der Waals surface area contributed by atoms with E-state index in [0.29, 0.717) is 18.4 Å². The second kappa shape index (κ2) is 3.90. The summed E-state index contributed by atoms with van der Waals surface area (Å²) in [6.45, 7) is 0. The predicted molar refractivity (Wildman–Crippen MR) is 49.8 cm³/mol. The summed E-state index contributed by atoms with van der Waals surface area (Å²) in [5, 5.41) is 0. The fourth-order valence-corrected chi connectivity index (χ4v) is 2.80.